The SMILES string of the molecule is CC1(C2CC2)NC(=O)N(CC(=O)OCc2ccc(Cl)nc2)C1=O. The van der Waals surface area contributed by atoms with Gasteiger partial charge in [0, 0.05) is 11.8 Å². The lowest BCUT2D eigenvalue weighted by Crippen LogP contribution is -2.46. The van der Waals surface area contributed by atoms with Gasteiger partial charge in [0.25, 0.3) is 5.91 Å². The van der Waals surface area contributed by atoms with E-state index in [4.69, 9.17) is 16.3 Å². The van der Waals surface area contributed by atoms with E-state index in [2.05, 4.69) is 10.3 Å². The summed E-state index contributed by atoms with van der Waals surface area (Å²) in [7, 11) is 0. The van der Waals surface area contributed by atoms with Gasteiger partial charge in [0.2, 0.25) is 0 Å². The van der Waals surface area contributed by atoms with Gasteiger partial charge in [0.05, 0.1) is 0 Å². The minimum Gasteiger partial charge on any atom is -0.459 e. The summed E-state index contributed by atoms with van der Waals surface area (Å²) in [6.07, 6.45) is 3.31. The van der Waals surface area contributed by atoms with Crippen LogP contribution in [0.3, 0.4) is 0 Å². The zero-order valence-corrected chi connectivity index (χ0v) is 13.3. The molecule has 1 N–H and O–H groups in total. The Hall–Kier alpha value is -2.15. The van der Waals surface area contributed by atoms with Gasteiger partial charge in [-0.3, -0.25) is 14.5 Å². The van der Waals surface area contributed by atoms with Gasteiger partial charge in [-0.15, -0.1) is 0 Å². The number of halogens is 1. The number of nitrogens with zero attached hydrogens (tertiary/aromatic N) is 2. The number of urea groups is 1. The van der Waals surface area contributed by atoms with Crippen LogP contribution >= 0.6 is 11.6 Å². The summed E-state index contributed by atoms with van der Waals surface area (Å²) in [5.74, 6) is -0.862. The Morgan fingerprint density at radius 3 is 2.83 bits per heavy atom. The Kier molecular flexibility index (Phi) is 3.97. The maximum absolute atomic E-state index is 12.4. The first kappa shape index (κ1) is 15.7. The molecule has 2 aliphatic rings. The quantitative estimate of drug-likeness (QED) is 0.499. The van der Waals surface area contributed by atoms with Crippen molar-refractivity contribution in [3.63, 3.8) is 0 Å². The summed E-state index contributed by atoms with van der Waals surface area (Å²) in [5, 5.41) is 3.03. The monoisotopic (exact) mass is 337 g/mol. The van der Waals surface area contributed by atoms with Crippen LogP contribution in [0.4, 0.5) is 4.79 Å². The van der Waals surface area contributed by atoms with Gasteiger partial charge in [-0.1, -0.05) is 17.7 Å². The molecular formula is C15H16ClN3O4. The highest BCUT2D eigenvalue weighted by Gasteiger charge is 2.56. The third kappa shape index (κ3) is 3.14. The molecule has 0 radical (unpaired) electrons. The molecule has 1 saturated carbocycles. The average Bonchev–Trinajstić information content (AvgIpc) is 3.33. The van der Waals surface area contributed by atoms with Crippen LogP contribution in [0.1, 0.15) is 25.3 Å². The minimum atomic E-state index is -0.891. The number of amides is 3. The van der Waals surface area contributed by atoms with E-state index in [9.17, 15) is 14.4 Å². The van der Waals surface area contributed by atoms with E-state index in [1.165, 1.54) is 6.20 Å². The molecule has 0 bridgehead atoms. The highest BCUT2D eigenvalue weighted by Crippen LogP contribution is 2.42. The molecule has 122 valence electrons. The molecule has 1 unspecified atom stereocenters. The number of ether oxygens (including phenoxy) is 1. The zero-order chi connectivity index (χ0) is 16.6. The molecule has 1 aromatic rings. The predicted molar refractivity (Wildman–Crippen MR) is 80.4 cm³/mol. The number of rotatable bonds is 5. The first-order chi connectivity index (χ1) is 10.9. The van der Waals surface area contributed by atoms with Crippen molar-refractivity contribution >= 4 is 29.5 Å². The first-order valence-electron chi connectivity index (χ1n) is 7.30. The Bertz CT molecular complexity index is 659. The van der Waals surface area contributed by atoms with Gasteiger partial charge in [-0.05, 0) is 31.7 Å². The normalized spacial score (nSPS) is 23.8. The fourth-order valence-corrected chi connectivity index (χ4v) is 2.74. The van der Waals surface area contributed by atoms with Crippen molar-refractivity contribution in [3.8, 4) is 0 Å². The summed E-state index contributed by atoms with van der Waals surface area (Å²) in [5.41, 5.74) is -0.222. The van der Waals surface area contributed by atoms with Crippen LogP contribution in [-0.4, -0.2) is 39.9 Å². The van der Waals surface area contributed by atoms with Crippen molar-refractivity contribution in [3.05, 3.63) is 29.0 Å². The molecule has 1 saturated heterocycles. The van der Waals surface area contributed by atoms with E-state index in [-0.39, 0.29) is 18.4 Å². The molecule has 1 aliphatic carbocycles. The van der Waals surface area contributed by atoms with Crippen LogP contribution < -0.4 is 5.32 Å². The van der Waals surface area contributed by atoms with Crippen molar-refractivity contribution in [2.24, 2.45) is 5.92 Å². The van der Waals surface area contributed by atoms with Gasteiger partial charge in [0.15, 0.2) is 0 Å². The molecule has 7 nitrogen and oxygen atoms in total. The molecule has 8 heteroatoms. The van der Waals surface area contributed by atoms with Crippen molar-refractivity contribution in [1.82, 2.24) is 15.2 Å². The highest BCUT2D eigenvalue weighted by molar-refractivity contribution is 6.29. The van der Waals surface area contributed by atoms with Gasteiger partial charge in [0.1, 0.15) is 23.8 Å². The van der Waals surface area contributed by atoms with Gasteiger partial charge >= 0.3 is 12.0 Å². The minimum absolute atomic E-state index is 0.00649. The number of hydrogen-bond donors (Lipinski definition) is 1. The summed E-state index contributed by atoms with van der Waals surface area (Å²) >= 11 is 5.67. The molecule has 23 heavy (non-hydrogen) atoms. The second kappa shape index (κ2) is 5.81. The Balaban J connectivity index is 1.56. The number of nitrogens with one attached hydrogen (secondary N) is 1. The molecule has 1 atom stereocenters. The van der Waals surface area contributed by atoms with Crippen LogP contribution in [0.5, 0.6) is 0 Å². The van der Waals surface area contributed by atoms with Crippen molar-refractivity contribution in [2.75, 3.05) is 6.54 Å². The van der Waals surface area contributed by atoms with E-state index in [1.54, 1.807) is 19.1 Å². The van der Waals surface area contributed by atoms with Crippen molar-refractivity contribution in [1.29, 1.82) is 0 Å². The second-order valence-corrected chi connectivity index (χ2v) is 6.34. The summed E-state index contributed by atoms with van der Waals surface area (Å²) in [6.45, 7) is 1.32. The molecule has 2 fully saturated rings. The Morgan fingerprint density at radius 1 is 1.48 bits per heavy atom. The predicted octanol–water partition coefficient (Wildman–Crippen LogP) is 1.50. The summed E-state index contributed by atoms with van der Waals surface area (Å²) < 4.78 is 5.07. The summed E-state index contributed by atoms with van der Waals surface area (Å²) in [6, 6.07) is 2.72. The number of carbonyl (C=O) groups excluding carboxylic acids is 3. The third-order valence-electron chi connectivity index (χ3n) is 4.17. The third-order valence-corrected chi connectivity index (χ3v) is 4.39. The Labute approximate surface area is 137 Å². The van der Waals surface area contributed by atoms with Gasteiger partial charge < -0.3 is 10.1 Å². The number of aromatic nitrogens is 1. The molecule has 2 heterocycles. The topological polar surface area (TPSA) is 88.6 Å². The fraction of sp³-hybridized carbons (Fsp3) is 0.467. The number of esters is 1. The maximum Gasteiger partial charge on any atom is 0.326 e. The van der Waals surface area contributed by atoms with Crippen LogP contribution in [0, 0.1) is 5.92 Å². The zero-order valence-electron chi connectivity index (χ0n) is 12.5. The van der Waals surface area contributed by atoms with Crippen molar-refractivity contribution in [2.45, 2.75) is 31.9 Å². The van der Waals surface area contributed by atoms with E-state index >= 15 is 0 Å². The maximum atomic E-state index is 12.4. The van der Waals surface area contributed by atoms with Gasteiger partial charge in [-0.25, -0.2) is 9.78 Å². The first-order valence-corrected chi connectivity index (χ1v) is 7.68. The number of pyridine rings is 1. The number of imide groups is 1. The van der Waals surface area contributed by atoms with Crippen LogP contribution in [0.25, 0.3) is 0 Å². The lowest BCUT2D eigenvalue weighted by atomic mass is 9.96. The number of carbonyl (C=O) groups is 3. The Morgan fingerprint density at radius 2 is 2.22 bits per heavy atom. The van der Waals surface area contributed by atoms with Crippen LogP contribution in [0.15, 0.2) is 18.3 Å². The van der Waals surface area contributed by atoms with E-state index in [1.807, 2.05) is 0 Å². The molecule has 0 aromatic carbocycles. The largest absolute Gasteiger partial charge is 0.459 e. The van der Waals surface area contributed by atoms with Crippen LogP contribution in [-0.2, 0) is 20.9 Å². The highest BCUT2D eigenvalue weighted by atomic mass is 35.5. The standard InChI is InChI=1S/C15H16ClN3O4/c1-15(10-3-4-10)13(21)19(14(22)18-15)7-12(20)23-8-9-2-5-11(16)17-6-9/h2,5-6,10H,3-4,7-8H2,1H3,(H,18,22). The molecule has 1 aliphatic heterocycles. The lowest BCUT2D eigenvalue weighted by molar-refractivity contribution is -0.148. The van der Waals surface area contributed by atoms with Crippen molar-refractivity contribution < 1.29 is 19.1 Å². The molecular weight excluding hydrogens is 322 g/mol. The van der Waals surface area contributed by atoms with E-state index in [0.717, 1.165) is 17.7 Å². The lowest BCUT2D eigenvalue weighted by Gasteiger charge is -2.20. The second-order valence-electron chi connectivity index (χ2n) is 5.95. The number of hydrogen-bond acceptors (Lipinski definition) is 5. The molecule has 3 amide bonds. The smallest absolute Gasteiger partial charge is 0.326 e. The van der Waals surface area contributed by atoms with E-state index in [0.29, 0.717) is 10.7 Å². The fourth-order valence-electron chi connectivity index (χ4n) is 2.63. The average molecular weight is 338 g/mol. The van der Waals surface area contributed by atoms with Crippen LogP contribution in [0.2, 0.25) is 5.15 Å². The summed E-state index contributed by atoms with van der Waals surface area (Å²) in [4.78, 5) is 41.0. The van der Waals surface area contributed by atoms with E-state index < -0.39 is 24.1 Å². The molecule has 1 aromatic heterocycles. The van der Waals surface area contributed by atoms with Gasteiger partial charge in [-0.2, -0.15) is 0 Å². The molecule has 0 spiro atoms. The molecule has 3 rings (SSSR count).